The number of rotatable bonds is 6. The number of hydrogen-bond donors (Lipinski definition) is 0. The summed E-state index contributed by atoms with van der Waals surface area (Å²) in [5.41, 5.74) is 7.06. The topological polar surface area (TPSA) is 50.5 Å². The highest BCUT2D eigenvalue weighted by atomic mass is 14.8. The van der Waals surface area contributed by atoms with E-state index >= 15 is 0 Å². The Labute approximate surface area is 201 Å². The van der Waals surface area contributed by atoms with Crippen molar-refractivity contribution in [3.63, 3.8) is 0 Å². The Morgan fingerprint density at radius 3 is 1.15 bits per heavy atom. The molecule has 34 heavy (non-hydrogen) atoms. The van der Waals surface area contributed by atoms with Gasteiger partial charge in [0.15, 0.2) is 0 Å². The van der Waals surface area contributed by atoms with Crippen LogP contribution in [0.1, 0.15) is 36.8 Å². The number of aliphatic imine (C=N–C) groups is 2. The van der Waals surface area contributed by atoms with Crippen LogP contribution >= 0.6 is 0 Å². The van der Waals surface area contributed by atoms with Gasteiger partial charge < -0.3 is 0 Å². The van der Waals surface area contributed by atoms with Crippen LogP contribution in [0.25, 0.3) is 22.3 Å². The molecule has 1 aliphatic rings. The summed E-state index contributed by atoms with van der Waals surface area (Å²) in [7, 11) is 0. The first-order valence-electron chi connectivity index (χ1n) is 11.9. The molecule has 4 nitrogen and oxygen atoms in total. The second-order valence-corrected chi connectivity index (χ2v) is 8.73. The van der Waals surface area contributed by atoms with Gasteiger partial charge in [0.25, 0.3) is 0 Å². The smallest absolute Gasteiger partial charge is 0.0501 e. The van der Waals surface area contributed by atoms with Gasteiger partial charge in [-0.3, -0.25) is 20.0 Å². The fourth-order valence-corrected chi connectivity index (χ4v) is 4.35. The molecule has 5 rings (SSSR count). The van der Waals surface area contributed by atoms with Gasteiger partial charge in [-0.05, 0) is 83.3 Å². The van der Waals surface area contributed by atoms with Crippen LogP contribution in [0.5, 0.6) is 0 Å². The Morgan fingerprint density at radius 1 is 0.471 bits per heavy atom. The summed E-state index contributed by atoms with van der Waals surface area (Å²) in [6.45, 7) is 0. The van der Waals surface area contributed by atoms with E-state index in [4.69, 9.17) is 9.98 Å². The molecule has 2 aromatic heterocycles. The van der Waals surface area contributed by atoms with E-state index in [0.717, 1.165) is 36.8 Å². The molecule has 0 atom stereocenters. The lowest BCUT2D eigenvalue weighted by Gasteiger charge is -2.23. The zero-order valence-corrected chi connectivity index (χ0v) is 19.2. The molecule has 2 aromatic carbocycles. The summed E-state index contributed by atoms with van der Waals surface area (Å²) in [5, 5.41) is 0. The highest BCUT2D eigenvalue weighted by Gasteiger charge is 2.19. The molecule has 1 saturated carbocycles. The van der Waals surface area contributed by atoms with Gasteiger partial charge in [-0.2, -0.15) is 0 Å². The van der Waals surface area contributed by atoms with Crippen LogP contribution < -0.4 is 0 Å². The second kappa shape index (κ2) is 10.8. The highest BCUT2D eigenvalue weighted by molar-refractivity contribution is 5.82. The SMILES string of the molecule is C(=NC1CCC(N=Cc2ccc(-c3ccncc3)cc2)CC1)c1ccc(-c2ccncc2)cc1. The number of pyridine rings is 2. The van der Waals surface area contributed by atoms with Crippen molar-refractivity contribution in [2.24, 2.45) is 9.98 Å². The van der Waals surface area contributed by atoms with Crippen molar-refractivity contribution in [1.29, 1.82) is 0 Å². The van der Waals surface area contributed by atoms with E-state index in [2.05, 4.69) is 58.5 Å². The maximum Gasteiger partial charge on any atom is 0.0501 e. The van der Waals surface area contributed by atoms with Crippen molar-refractivity contribution in [1.82, 2.24) is 9.97 Å². The van der Waals surface area contributed by atoms with Crippen molar-refractivity contribution >= 4 is 12.4 Å². The quantitative estimate of drug-likeness (QED) is 0.312. The summed E-state index contributed by atoms with van der Waals surface area (Å²) in [6, 6.07) is 26.0. The van der Waals surface area contributed by atoms with Crippen molar-refractivity contribution in [3.05, 3.63) is 109 Å². The van der Waals surface area contributed by atoms with Crippen LogP contribution in [0.2, 0.25) is 0 Å². The second-order valence-electron chi connectivity index (χ2n) is 8.73. The number of hydrogen-bond acceptors (Lipinski definition) is 4. The average Bonchev–Trinajstić information content (AvgIpc) is 2.93. The summed E-state index contributed by atoms with van der Waals surface area (Å²) >= 11 is 0. The first kappa shape index (κ1) is 21.9. The molecule has 0 spiro atoms. The van der Waals surface area contributed by atoms with Crippen molar-refractivity contribution in [2.75, 3.05) is 0 Å². The van der Waals surface area contributed by atoms with Crippen LogP contribution in [0, 0.1) is 0 Å². The van der Waals surface area contributed by atoms with Crippen LogP contribution in [-0.2, 0) is 0 Å². The van der Waals surface area contributed by atoms with E-state index in [-0.39, 0.29) is 0 Å². The van der Waals surface area contributed by atoms with Gasteiger partial charge in [0, 0.05) is 37.2 Å². The van der Waals surface area contributed by atoms with Crippen LogP contribution in [0.3, 0.4) is 0 Å². The first-order valence-corrected chi connectivity index (χ1v) is 11.9. The Morgan fingerprint density at radius 2 is 0.794 bits per heavy atom. The van der Waals surface area contributed by atoms with E-state index in [1.54, 1.807) is 0 Å². The minimum absolute atomic E-state index is 0.394. The largest absolute Gasteiger partial charge is 0.289 e. The Kier molecular flexibility index (Phi) is 6.96. The van der Waals surface area contributed by atoms with Crippen LogP contribution in [-0.4, -0.2) is 34.5 Å². The molecule has 0 saturated heterocycles. The van der Waals surface area contributed by atoms with Crippen LogP contribution in [0.15, 0.2) is 108 Å². The molecule has 0 aliphatic heterocycles. The van der Waals surface area contributed by atoms with E-state index in [0.29, 0.717) is 12.1 Å². The highest BCUT2D eigenvalue weighted by Crippen LogP contribution is 2.24. The zero-order chi connectivity index (χ0) is 23.0. The van der Waals surface area contributed by atoms with Gasteiger partial charge in [-0.1, -0.05) is 48.5 Å². The summed E-state index contributed by atoms with van der Waals surface area (Å²) in [4.78, 5) is 17.9. The van der Waals surface area contributed by atoms with Gasteiger partial charge in [-0.15, -0.1) is 0 Å². The average molecular weight is 445 g/mol. The number of nitrogens with zero attached hydrogens (tertiary/aromatic N) is 4. The summed E-state index contributed by atoms with van der Waals surface area (Å²) in [6.07, 6.45) is 15.7. The van der Waals surface area contributed by atoms with Gasteiger partial charge in [-0.25, -0.2) is 0 Å². The van der Waals surface area contributed by atoms with E-state index < -0.39 is 0 Å². The molecule has 1 aliphatic carbocycles. The standard InChI is InChI=1S/C30H28N4/c1-5-25(27-13-17-31-18-14-27)6-2-23(1)21-33-29-9-11-30(12-10-29)34-22-24-3-7-26(8-4-24)28-15-19-32-20-16-28/h1-8,13-22,29-30H,9-12H2. The van der Waals surface area contributed by atoms with Gasteiger partial charge in [0.05, 0.1) is 12.1 Å². The molecule has 0 amide bonds. The number of aromatic nitrogens is 2. The molecule has 0 N–H and O–H groups in total. The molecule has 0 bridgehead atoms. The lowest BCUT2D eigenvalue weighted by Crippen LogP contribution is -2.20. The molecule has 4 aromatic rings. The summed E-state index contributed by atoms with van der Waals surface area (Å²) in [5.74, 6) is 0. The fourth-order valence-electron chi connectivity index (χ4n) is 4.35. The van der Waals surface area contributed by atoms with Gasteiger partial charge >= 0.3 is 0 Å². The van der Waals surface area contributed by atoms with Crippen molar-refractivity contribution in [3.8, 4) is 22.3 Å². The monoisotopic (exact) mass is 444 g/mol. The zero-order valence-electron chi connectivity index (χ0n) is 19.2. The van der Waals surface area contributed by atoms with Crippen LogP contribution in [0.4, 0.5) is 0 Å². The summed E-state index contributed by atoms with van der Waals surface area (Å²) < 4.78 is 0. The van der Waals surface area contributed by atoms with Gasteiger partial charge in [0.1, 0.15) is 0 Å². The maximum atomic E-state index is 4.86. The molecule has 4 heteroatoms. The van der Waals surface area contributed by atoms with Gasteiger partial charge in [0.2, 0.25) is 0 Å². The first-order chi connectivity index (χ1) is 16.8. The lowest BCUT2D eigenvalue weighted by atomic mass is 9.92. The minimum Gasteiger partial charge on any atom is -0.289 e. The minimum atomic E-state index is 0.394. The normalized spacial score (nSPS) is 18.5. The Bertz CT molecular complexity index is 1120. The molecule has 2 heterocycles. The molecule has 0 unspecified atom stereocenters. The molecule has 0 radical (unpaired) electrons. The van der Waals surface area contributed by atoms with E-state index in [1.807, 2.05) is 61.5 Å². The van der Waals surface area contributed by atoms with E-state index in [1.165, 1.54) is 22.3 Å². The fraction of sp³-hybridized carbons (Fsp3) is 0.200. The van der Waals surface area contributed by atoms with Crippen molar-refractivity contribution < 1.29 is 0 Å². The molecular weight excluding hydrogens is 416 g/mol. The predicted molar refractivity (Wildman–Crippen MR) is 141 cm³/mol. The third kappa shape index (κ3) is 5.70. The number of benzene rings is 2. The Balaban J connectivity index is 1.11. The molecule has 1 fully saturated rings. The Hall–Kier alpha value is -3.92. The van der Waals surface area contributed by atoms with Crippen molar-refractivity contribution in [2.45, 2.75) is 37.8 Å². The lowest BCUT2D eigenvalue weighted by molar-refractivity contribution is 0.399. The van der Waals surface area contributed by atoms with E-state index in [9.17, 15) is 0 Å². The maximum absolute atomic E-state index is 4.86. The third-order valence-corrected chi connectivity index (χ3v) is 6.38. The predicted octanol–water partition coefficient (Wildman–Crippen LogP) is 6.66. The molecule has 168 valence electrons. The third-order valence-electron chi connectivity index (χ3n) is 6.38. The molecular formula is C30H28N4.